The lowest BCUT2D eigenvalue weighted by Gasteiger charge is -2.50. The monoisotopic (exact) mass is 1280 g/mol. The molecule has 490 valence electrons. The lowest BCUT2D eigenvalue weighted by Crippen LogP contribution is -2.70. The second-order valence-electron chi connectivity index (χ2n) is 19.8. The first-order valence-corrected chi connectivity index (χ1v) is 28.1. The van der Waals surface area contributed by atoms with Gasteiger partial charge in [-0.05, 0) is 0 Å². The third-order valence-electron chi connectivity index (χ3n) is 13.7. The molecule has 0 aromatic heterocycles. The molecule has 5 saturated heterocycles. The van der Waals surface area contributed by atoms with E-state index in [0.29, 0.717) is 0 Å². The standard InChI is InChI=1S/C42H73N3O37S2/c1-11(52)43-14(4-46)32(77-41-30(63)36(81-83(65,66)67)26(59)18(7-49)74-41)23(56)15(55)10-71-38-21(44-12(2)53)28(61)33(20(9-51)76-38)78-40-29(62)35(25(58)17(6-48)73-40)80-39-22(45-13(3)54)34(24(57)16(5-47)72-39)79-42-31(64)37(82-84(68,69)70)27(60)19(8-50)75-42/h14-42,46-51,55-64H,4-10H2,1-3H3,(H,43,52)(H,44,53)(H,45,54)(H,65,66,67)(H,68,69,70)/t14-,15+,16+,17+,18+,19+,20+,21+,22+,23-,24+,25-,26-,27-,28+,29+,30+,31+,32+,33+,34+,35-,36-,37-,38+,39-,40-,41-,42-/m0/s1. The molecule has 0 saturated carbocycles. The molecule has 5 aliphatic heterocycles. The van der Waals surface area contributed by atoms with Crippen molar-refractivity contribution in [2.45, 2.75) is 199 Å². The molecule has 5 aliphatic rings. The maximum Gasteiger partial charge on any atom is 0.397 e. The zero-order chi connectivity index (χ0) is 63.0. The summed E-state index contributed by atoms with van der Waals surface area (Å²) in [6.45, 7) is -4.97. The average Bonchev–Trinajstić information content (AvgIpc) is 3.52. The molecule has 0 bridgehead atoms. The fourth-order valence-electron chi connectivity index (χ4n) is 9.70. The Morgan fingerprint density at radius 2 is 0.845 bits per heavy atom. The van der Waals surface area contributed by atoms with Gasteiger partial charge in [-0.25, -0.2) is 8.37 Å². The fourth-order valence-corrected chi connectivity index (χ4v) is 10.7. The van der Waals surface area contributed by atoms with E-state index in [0.717, 1.165) is 20.8 Å². The lowest BCUT2D eigenvalue weighted by atomic mass is 9.94. The minimum atomic E-state index is -5.43. The zero-order valence-corrected chi connectivity index (χ0v) is 45.9. The van der Waals surface area contributed by atoms with Crippen molar-refractivity contribution >= 4 is 38.5 Å². The summed E-state index contributed by atoms with van der Waals surface area (Å²) in [5.74, 6) is -2.74. The largest absolute Gasteiger partial charge is 0.397 e. The number of rotatable bonds is 27. The zero-order valence-electron chi connectivity index (χ0n) is 44.3. The Labute approximate surface area is 476 Å². The molecule has 42 heteroatoms. The van der Waals surface area contributed by atoms with Crippen molar-refractivity contribution in [2.24, 2.45) is 0 Å². The van der Waals surface area contributed by atoms with Gasteiger partial charge in [0.2, 0.25) is 17.7 Å². The highest BCUT2D eigenvalue weighted by Crippen LogP contribution is 2.36. The van der Waals surface area contributed by atoms with Gasteiger partial charge in [-0.1, -0.05) is 0 Å². The van der Waals surface area contributed by atoms with Crippen LogP contribution in [0.4, 0.5) is 0 Å². The van der Waals surface area contributed by atoms with Crippen LogP contribution in [0.3, 0.4) is 0 Å². The second kappa shape index (κ2) is 31.0. The molecule has 29 atom stereocenters. The van der Waals surface area contributed by atoms with Crippen LogP contribution in [0.25, 0.3) is 0 Å². The van der Waals surface area contributed by atoms with Gasteiger partial charge in [0, 0.05) is 20.8 Å². The summed E-state index contributed by atoms with van der Waals surface area (Å²) in [6, 6.07) is -5.47. The van der Waals surface area contributed by atoms with Gasteiger partial charge in [-0.15, -0.1) is 0 Å². The normalized spacial score (nSPS) is 41.1. The highest BCUT2D eigenvalue weighted by molar-refractivity contribution is 7.81. The van der Waals surface area contributed by atoms with Crippen molar-refractivity contribution < 1.29 is 178 Å². The summed E-state index contributed by atoms with van der Waals surface area (Å²) >= 11 is 0. The Balaban J connectivity index is 1.38. The fraction of sp³-hybridized carbons (Fsp3) is 0.929. The number of ether oxygens (including phenoxy) is 10. The van der Waals surface area contributed by atoms with Crippen LogP contribution in [0.2, 0.25) is 0 Å². The van der Waals surface area contributed by atoms with Crippen LogP contribution in [-0.4, -0.2) is 349 Å². The van der Waals surface area contributed by atoms with E-state index in [1.807, 2.05) is 0 Å². The second-order valence-corrected chi connectivity index (χ2v) is 21.9. The molecule has 84 heavy (non-hydrogen) atoms. The maximum absolute atomic E-state index is 12.7. The molecule has 21 N–H and O–H groups in total. The van der Waals surface area contributed by atoms with Crippen LogP contribution in [0, 0.1) is 0 Å². The first-order chi connectivity index (χ1) is 39.2. The van der Waals surface area contributed by atoms with E-state index in [2.05, 4.69) is 24.3 Å². The number of amides is 3. The SMILES string of the molecule is CC(=O)N[C@H]1[C@H](OC[C@@H](O)[C@H](O)[C@H](O[C@@H]2O[C@H](CO)[C@H](O)[C@H](OS(=O)(=O)O)[C@H]2O)[C@H](CO)NC(C)=O)O[C@H](CO)[C@@H](O[C@@H]2O[C@H](CO)[C@H](O)[C@H](O[C@@H]3O[C@H](CO)[C@@H](O)[C@H](O[C@@H]4O[C@H](CO)[C@H](O)[C@H](OS(=O)(=O)O)[C@H]4O)[C@H]3NC(C)=O)[C@H]2O)[C@@H]1O. The quantitative estimate of drug-likeness (QED) is 0.0340. The van der Waals surface area contributed by atoms with Crippen LogP contribution in [0.15, 0.2) is 0 Å². The van der Waals surface area contributed by atoms with Crippen LogP contribution < -0.4 is 16.0 Å². The Kier molecular flexibility index (Phi) is 26.5. The topological polar surface area (TPSA) is 630 Å². The Hall–Kier alpha value is -2.89. The molecule has 5 rings (SSSR count). The van der Waals surface area contributed by atoms with Gasteiger partial charge in [-0.3, -0.25) is 23.5 Å². The van der Waals surface area contributed by atoms with Crippen molar-refractivity contribution in [3.05, 3.63) is 0 Å². The van der Waals surface area contributed by atoms with E-state index in [1.54, 1.807) is 0 Å². The lowest BCUT2D eigenvalue weighted by molar-refractivity contribution is -0.377. The molecular weight excluding hydrogens is 1200 g/mol. The molecule has 0 aliphatic carbocycles. The summed E-state index contributed by atoms with van der Waals surface area (Å²) < 4.78 is 130. The number of hydrogen-bond acceptors (Lipinski definition) is 35. The number of carbonyl (C=O) groups is 3. The van der Waals surface area contributed by atoms with Crippen molar-refractivity contribution in [3.8, 4) is 0 Å². The van der Waals surface area contributed by atoms with Crippen molar-refractivity contribution in [2.75, 3.05) is 46.2 Å². The Morgan fingerprint density at radius 1 is 0.464 bits per heavy atom. The molecule has 0 unspecified atom stereocenters. The highest BCUT2D eigenvalue weighted by Gasteiger charge is 2.58. The summed E-state index contributed by atoms with van der Waals surface area (Å²) in [5, 5.41) is 180. The third kappa shape index (κ3) is 17.9. The maximum atomic E-state index is 12.7. The van der Waals surface area contributed by atoms with Crippen LogP contribution >= 0.6 is 0 Å². The first kappa shape index (κ1) is 71.9. The molecule has 5 fully saturated rings. The summed E-state index contributed by atoms with van der Waals surface area (Å²) in [5.41, 5.74) is 0. The molecule has 0 aromatic rings. The molecule has 3 amide bonds. The Morgan fingerprint density at radius 3 is 1.29 bits per heavy atom. The van der Waals surface area contributed by atoms with Gasteiger partial charge in [-0.2, -0.15) is 16.8 Å². The van der Waals surface area contributed by atoms with Crippen LogP contribution in [0.5, 0.6) is 0 Å². The smallest absolute Gasteiger partial charge is 0.394 e. The van der Waals surface area contributed by atoms with Crippen LogP contribution in [-0.2, 0) is 90.9 Å². The van der Waals surface area contributed by atoms with Gasteiger partial charge in [0.1, 0.15) is 140 Å². The molecule has 40 nitrogen and oxygen atoms in total. The predicted octanol–water partition coefficient (Wildman–Crippen LogP) is -14.4. The van der Waals surface area contributed by atoms with Crippen molar-refractivity contribution in [1.29, 1.82) is 0 Å². The van der Waals surface area contributed by atoms with Gasteiger partial charge in [0.25, 0.3) is 0 Å². The summed E-state index contributed by atoms with van der Waals surface area (Å²) in [4.78, 5) is 37.4. The van der Waals surface area contributed by atoms with Crippen molar-refractivity contribution in [1.82, 2.24) is 16.0 Å². The van der Waals surface area contributed by atoms with Gasteiger partial charge < -0.3 is 145 Å². The van der Waals surface area contributed by atoms with Gasteiger partial charge in [0.15, 0.2) is 31.5 Å². The van der Waals surface area contributed by atoms with E-state index in [1.165, 1.54) is 0 Å². The van der Waals surface area contributed by atoms with E-state index < -0.39 is 263 Å². The number of carbonyl (C=O) groups excluding carboxylic acids is 3. The molecule has 0 aromatic carbocycles. The summed E-state index contributed by atoms with van der Waals surface area (Å²) in [6.07, 6.45) is -55.2. The number of nitrogens with one attached hydrogen (secondary N) is 3. The van der Waals surface area contributed by atoms with E-state index in [-0.39, 0.29) is 0 Å². The number of aliphatic hydroxyl groups excluding tert-OH is 16. The third-order valence-corrected chi connectivity index (χ3v) is 14.6. The summed E-state index contributed by atoms with van der Waals surface area (Å²) in [7, 11) is -10.9. The van der Waals surface area contributed by atoms with E-state index in [9.17, 15) is 122 Å². The van der Waals surface area contributed by atoms with Crippen LogP contribution in [0.1, 0.15) is 20.8 Å². The molecular formula is C42H73N3O37S2. The van der Waals surface area contributed by atoms with E-state index >= 15 is 0 Å². The number of hydrogen-bond donors (Lipinski definition) is 21. The number of aliphatic hydroxyl groups is 16. The van der Waals surface area contributed by atoms with Gasteiger partial charge >= 0.3 is 20.8 Å². The minimum Gasteiger partial charge on any atom is -0.394 e. The van der Waals surface area contributed by atoms with E-state index in [4.69, 9.17) is 47.4 Å². The van der Waals surface area contributed by atoms with Crippen molar-refractivity contribution in [3.63, 3.8) is 0 Å². The van der Waals surface area contributed by atoms with Gasteiger partial charge in [0.05, 0.1) is 52.3 Å². The minimum absolute atomic E-state index is 0.885. The average molecular weight is 1280 g/mol. The molecule has 0 radical (unpaired) electrons. The Bertz CT molecular complexity index is 2340. The first-order valence-electron chi connectivity index (χ1n) is 25.3. The predicted molar refractivity (Wildman–Crippen MR) is 257 cm³/mol. The molecule has 0 spiro atoms. The highest BCUT2D eigenvalue weighted by atomic mass is 32.3. The molecule has 5 heterocycles.